The Morgan fingerprint density at radius 1 is 1.35 bits per heavy atom. The summed E-state index contributed by atoms with van der Waals surface area (Å²) in [5.74, 6) is 7.08. The lowest BCUT2D eigenvalue weighted by molar-refractivity contribution is 0.549. The number of rotatable bonds is 2. The topological polar surface area (TPSA) is 63.8 Å². The highest BCUT2D eigenvalue weighted by Gasteiger charge is 2.20. The van der Waals surface area contributed by atoms with Gasteiger partial charge in [-0.1, -0.05) is 27.7 Å². The molecule has 0 fully saturated rings. The summed E-state index contributed by atoms with van der Waals surface area (Å²) in [6.07, 6.45) is 1.01. The monoisotopic (exact) mass is 250 g/mol. The first-order valence-electron chi connectivity index (χ1n) is 5.73. The molecule has 0 amide bonds. The van der Waals surface area contributed by atoms with E-state index < -0.39 is 0 Å². The van der Waals surface area contributed by atoms with Crippen LogP contribution in [0.15, 0.2) is 6.07 Å². The number of aromatic nitrogens is 2. The van der Waals surface area contributed by atoms with Gasteiger partial charge in [-0.2, -0.15) is 0 Å². The van der Waals surface area contributed by atoms with Crippen LogP contribution in [-0.2, 0) is 11.8 Å². The van der Waals surface area contributed by atoms with Crippen molar-refractivity contribution in [3.63, 3.8) is 0 Å². The molecule has 4 nitrogen and oxygen atoms in total. The molecule has 0 radical (unpaired) electrons. The van der Waals surface area contributed by atoms with E-state index in [1.165, 1.54) is 4.88 Å². The summed E-state index contributed by atoms with van der Waals surface area (Å²) in [6, 6.07) is 2.11. The summed E-state index contributed by atoms with van der Waals surface area (Å²) in [5, 5.41) is 1.02. The molecule has 0 atom stereocenters. The van der Waals surface area contributed by atoms with Gasteiger partial charge < -0.3 is 5.43 Å². The molecule has 0 bridgehead atoms. The Morgan fingerprint density at radius 2 is 2.06 bits per heavy atom. The van der Waals surface area contributed by atoms with Crippen molar-refractivity contribution in [1.82, 2.24) is 9.97 Å². The van der Waals surface area contributed by atoms with Crippen molar-refractivity contribution in [2.45, 2.75) is 39.5 Å². The molecule has 0 aliphatic rings. The van der Waals surface area contributed by atoms with Crippen LogP contribution in [0.3, 0.4) is 0 Å². The molecule has 17 heavy (non-hydrogen) atoms. The quantitative estimate of drug-likeness (QED) is 0.635. The van der Waals surface area contributed by atoms with Crippen LogP contribution in [0.2, 0.25) is 0 Å². The lowest BCUT2D eigenvalue weighted by atomic mass is 9.96. The first kappa shape index (κ1) is 12.3. The van der Waals surface area contributed by atoms with E-state index in [0.717, 1.165) is 28.3 Å². The van der Waals surface area contributed by atoms with Crippen LogP contribution in [-0.4, -0.2) is 9.97 Å². The van der Waals surface area contributed by atoms with Gasteiger partial charge in [-0.3, -0.25) is 0 Å². The lowest BCUT2D eigenvalue weighted by Gasteiger charge is -2.17. The Hall–Kier alpha value is -1.20. The van der Waals surface area contributed by atoms with Crippen LogP contribution in [0.5, 0.6) is 0 Å². The highest BCUT2D eigenvalue weighted by molar-refractivity contribution is 7.18. The summed E-state index contributed by atoms with van der Waals surface area (Å²) in [4.78, 5) is 11.4. The van der Waals surface area contributed by atoms with Crippen molar-refractivity contribution in [2.24, 2.45) is 5.84 Å². The minimum Gasteiger partial charge on any atom is -0.308 e. The average molecular weight is 250 g/mol. The van der Waals surface area contributed by atoms with Gasteiger partial charge in [0.2, 0.25) is 0 Å². The van der Waals surface area contributed by atoms with Crippen molar-refractivity contribution in [2.75, 3.05) is 5.43 Å². The van der Waals surface area contributed by atoms with Gasteiger partial charge in [-0.15, -0.1) is 11.3 Å². The molecule has 0 saturated carbocycles. The Kier molecular flexibility index (Phi) is 3.05. The van der Waals surface area contributed by atoms with Crippen LogP contribution in [0.25, 0.3) is 10.2 Å². The minimum absolute atomic E-state index is 0.0733. The van der Waals surface area contributed by atoms with Gasteiger partial charge in [-0.05, 0) is 12.5 Å². The predicted octanol–water partition coefficient (Wildman–Crippen LogP) is 2.84. The molecule has 3 N–H and O–H groups in total. The standard InChI is InChI=1S/C12H18N4S/c1-5-7-6-8-9(16-13)14-11(12(2,3)4)15-10(8)17-7/h6H,5,13H2,1-4H3,(H,14,15,16). The van der Waals surface area contributed by atoms with Crippen molar-refractivity contribution in [3.05, 3.63) is 16.8 Å². The smallest absolute Gasteiger partial charge is 0.152 e. The molecule has 0 unspecified atom stereocenters. The van der Waals surface area contributed by atoms with Crippen molar-refractivity contribution >= 4 is 27.4 Å². The van der Waals surface area contributed by atoms with Crippen LogP contribution < -0.4 is 11.3 Å². The highest BCUT2D eigenvalue weighted by Crippen LogP contribution is 2.31. The zero-order valence-corrected chi connectivity index (χ0v) is 11.5. The first-order valence-corrected chi connectivity index (χ1v) is 6.55. The van der Waals surface area contributed by atoms with Gasteiger partial charge in [0, 0.05) is 10.3 Å². The molecule has 92 valence electrons. The zero-order chi connectivity index (χ0) is 12.6. The minimum atomic E-state index is -0.0733. The number of nitrogens with two attached hydrogens (primary N) is 1. The van der Waals surface area contributed by atoms with Crippen LogP contribution in [0.4, 0.5) is 5.82 Å². The molecule has 0 aliphatic heterocycles. The van der Waals surface area contributed by atoms with Gasteiger partial charge in [-0.25, -0.2) is 15.8 Å². The molecular weight excluding hydrogens is 232 g/mol. The van der Waals surface area contributed by atoms with E-state index in [1.807, 2.05) is 0 Å². The van der Waals surface area contributed by atoms with E-state index in [9.17, 15) is 0 Å². The number of nitrogens with one attached hydrogen (secondary N) is 1. The second-order valence-electron chi connectivity index (χ2n) is 5.08. The summed E-state index contributed by atoms with van der Waals surface area (Å²) < 4.78 is 0. The normalized spacial score (nSPS) is 12.1. The molecule has 2 heterocycles. The second kappa shape index (κ2) is 4.23. The van der Waals surface area contributed by atoms with E-state index in [-0.39, 0.29) is 5.41 Å². The SMILES string of the molecule is CCc1cc2c(NN)nc(C(C)(C)C)nc2s1. The second-order valence-corrected chi connectivity index (χ2v) is 6.19. The van der Waals surface area contributed by atoms with Crippen LogP contribution >= 0.6 is 11.3 Å². The molecule has 2 aromatic rings. The number of anilines is 1. The lowest BCUT2D eigenvalue weighted by Crippen LogP contribution is -2.18. The average Bonchev–Trinajstić information content (AvgIpc) is 2.69. The van der Waals surface area contributed by atoms with Gasteiger partial charge in [0.25, 0.3) is 0 Å². The maximum Gasteiger partial charge on any atom is 0.152 e. The number of fused-ring (bicyclic) bond motifs is 1. The summed E-state index contributed by atoms with van der Waals surface area (Å²) in [6.45, 7) is 8.44. The van der Waals surface area contributed by atoms with E-state index in [4.69, 9.17) is 5.84 Å². The number of thiophene rings is 1. The van der Waals surface area contributed by atoms with E-state index in [1.54, 1.807) is 11.3 Å². The summed E-state index contributed by atoms with van der Waals surface area (Å²) in [7, 11) is 0. The molecule has 0 spiro atoms. The van der Waals surface area contributed by atoms with E-state index >= 15 is 0 Å². The summed E-state index contributed by atoms with van der Waals surface area (Å²) >= 11 is 1.71. The molecular formula is C12H18N4S. The van der Waals surface area contributed by atoms with Crippen molar-refractivity contribution < 1.29 is 0 Å². The van der Waals surface area contributed by atoms with Gasteiger partial charge >= 0.3 is 0 Å². The number of hydrogen-bond donors (Lipinski definition) is 2. The molecule has 2 rings (SSSR count). The fourth-order valence-electron chi connectivity index (χ4n) is 1.59. The van der Waals surface area contributed by atoms with E-state index in [0.29, 0.717) is 0 Å². The fourth-order valence-corrected chi connectivity index (χ4v) is 2.56. The number of nitrogens with zero attached hydrogens (tertiary/aromatic N) is 2. The zero-order valence-electron chi connectivity index (χ0n) is 10.7. The molecule has 5 heteroatoms. The third kappa shape index (κ3) is 2.25. The van der Waals surface area contributed by atoms with Crippen LogP contribution in [0.1, 0.15) is 38.4 Å². The number of aryl methyl sites for hydroxylation is 1. The van der Waals surface area contributed by atoms with Gasteiger partial charge in [0.1, 0.15) is 10.7 Å². The van der Waals surface area contributed by atoms with Gasteiger partial charge in [0.15, 0.2) is 5.82 Å². The predicted molar refractivity (Wildman–Crippen MR) is 73.3 cm³/mol. The number of hydrogen-bond acceptors (Lipinski definition) is 5. The first-order chi connectivity index (χ1) is 7.95. The Labute approximate surface area is 105 Å². The Bertz CT molecular complexity index is 539. The maximum atomic E-state index is 5.54. The molecule has 0 aliphatic carbocycles. The highest BCUT2D eigenvalue weighted by atomic mass is 32.1. The number of nitrogen functional groups attached to an aromatic ring is 1. The third-order valence-corrected chi connectivity index (χ3v) is 3.77. The number of hydrazine groups is 1. The molecule has 2 aromatic heterocycles. The van der Waals surface area contributed by atoms with Crippen molar-refractivity contribution in [1.29, 1.82) is 0 Å². The fraction of sp³-hybridized carbons (Fsp3) is 0.500. The molecule has 0 saturated heterocycles. The third-order valence-electron chi connectivity index (χ3n) is 2.60. The Morgan fingerprint density at radius 3 is 2.59 bits per heavy atom. The maximum absolute atomic E-state index is 5.54. The largest absolute Gasteiger partial charge is 0.308 e. The van der Waals surface area contributed by atoms with Crippen molar-refractivity contribution in [3.8, 4) is 0 Å². The molecule has 0 aromatic carbocycles. The van der Waals surface area contributed by atoms with Crippen LogP contribution in [0, 0.1) is 0 Å². The van der Waals surface area contributed by atoms with Gasteiger partial charge in [0.05, 0.1) is 5.39 Å². The van der Waals surface area contributed by atoms with E-state index in [2.05, 4.69) is 49.2 Å². The Balaban J connectivity index is 2.68. The summed E-state index contributed by atoms with van der Waals surface area (Å²) in [5.41, 5.74) is 2.60.